The van der Waals surface area contributed by atoms with Gasteiger partial charge >= 0.3 is 0 Å². The summed E-state index contributed by atoms with van der Waals surface area (Å²) in [5, 5.41) is 4.61. The molecule has 0 saturated carbocycles. The van der Waals surface area contributed by atoms with Crippen LogP contribution in [0.5, 0.6) is 0 Å². The van der Waals surface area contributed by atoms with E-state index < -0.39 is 0 Å². The summed E-state index contributed by atoms with van der Waals surface area (Å²) in [5.41, 5.74) is 0.755. The molecular formula is C25H28N4O3S2. The highest BCUT2D eigenvalue weighted by Gasteiger charge is 2.23. The first kappa shape index (κ1) is 23.0. The molecular weight excluding hydrogens is 468 g/mol. The van der Waals surface area contributed by atoms with E-state index in [2.05, 4.69) is 11.8 Å². The Bertz CT molecular complexity index is 1320. The van der Waals surface area contributed by atoms with Crippen LogP contribution in [0, 0.1) is 5.92 Å². The summed E-state index contributed by atoms with van der Waals surface area (Å²) in [7, 11) is 1.73. The van der Waals surface area contributed by atoms with Crippen molar-refractivity contribution in [1.82, 2.24) is 19.4 Å². The lowest BCUT2D eigenvalue weighted by molar-refractivity contribution is -0.131. The molecule has 1 amide bonds. The van der Waals surface area contributed by atoms with Gasteiger partial charge in [-0.3, -0.25) is 19.1 Å². The summed E-state index contributed by atoms with van der Waals surface area (Å²) in [5.74, 6) is 1.93. The molecule has 0 unspecified atom stereocenters. The highest BCUT2D eigenvalue weighted by molar-refractivity contribution is 7.18. The molecule has 0 spiro atoms. The summed E-state index contributed by atoms with van der Waals surface area (Å²) in [6.07, 6.45) is 3.87. The maximum Gasteiger partial charge on any atom is 0.263 e. The van der Waals surface area contributed by atoms with E-state index in [1.54, 1.807) is 40.2 Å². The number of furan rings is 1. The van der Waals surface area contributed by atoms with Crippen molar-refractivity contribution in [2.45, 2.75) is 39.4 Å². The highest BCUT2D eigenvalue weighted by atomic mass is 32.1. The van der Waals surface area contributed by atoms with Crippen molar-refractivity contribution in [3.63, 3.8) is 0 Å². The molecule has 1 aliphatic heterocycles. The first-order valence-electron chi connectivity index (χ1n) is 11.5. The molecule has 0 aliphatic carbocycles. The summed E-state index contributed by atoms with van der Waals surface area (Å²) in [4.78, 5) is 37.6. The molecule has 0 bridgehead atoms. The second kappa shape index (κ2) is 9.85. The Morgan fingerprint density at radius 1 is 1.24 bits per heavy atom. The van der Waals surface area contributed by atoms with Crippen molar-refractivity contribution in [2.75, 3.05) is 20.1 Å². The van der Waals surface area contributed by atoms with Crippen LogP contribution in [0.25, 0.3) is 20.7 Å². The second-order valence-corrected chi connectivity index (χ2v) is 10.8. The van der Waals surface area contributed by atoms with Crippen molar-refractivity contribution in [1.29, 1.82) is 0 Å². The Hall–Kier alpha value is -2.75. The third-order valence-electron chi connectivity index (χ3n) is 6.49. The summed E-state index contributed by atoms with van der Waals surface area (Å²) < 4.78 is 6.97. The second-order valence-electron chi connectivity index (χ2n) is 9.01. The SMILES string of the molecule is CC1CCN(Cc2nc3scc(-c4cccs4)c3c(=O)n2CC(=O)N(C)Cc2ccco2)CC1. The molecule has 0 radical (unpaired) electrons. The van der Waals surface area contributed by atoms with Crippen molar-refractivity contribution >= 4 is 38.8 Å². The number of aromatic nitrogens is 2. The Morgan fingerprint density at radius 3 is 2.76 bits per heavy atom. The molecule has 4 aromatic rings. The zero-order valence-corrected chi connectivity index (χ0v) is 21.0. The molecule has 7 nitrogen and oxygen atoms in total. The monoisotopic (exact) mass is 496 g/mol. The Labute approximate surface area is 206 Å². The number of hydrogen-bond donors (Lipinski definition) is 0. The van der Waals surface area contributed by atoms with Gasteiger partial charge in [0.05, 0.1) is 24.7 Å². The summed E-state index contributed by atoms with van der Waals surface area (Å²) in [6, 6.07) is 7.64. The first-order valence-corrected chi connectivity index (χ1v) is 13.3. The Balaban J connectivity index is 1.50. The van der Waals surface area contributed by atoms with Crippen LogP contribution in [-0.2, 0) is 24.4 Å². The van der Waals surface area contributed by atoms with E-state index in [0.717, 1.165) is 47.1 Å². The van der Waals surface area contributed by atoms with E-state index in [1.165, 1.54) is 11.3 Å². The maximum atomic E-state index is 13.8. The molecule has 1 fully saturated rings. The summed E-state index contributed by atoms with van der Waals surface area (Å²) >= 11 is 3.10. The van der Waals surface area contributed by atoms with Gasteiger partial charge in [-0.25, -0.2) is 4.98 Å². The first-order chi connectivity index (χ1) is 16.5. The third kappa shape index (κ3) is 4.73. The quantitative estimate of drug-likeness (QED) is 0.372. The van der Waals surface area contributed by atoms with Crippen molar-refractivity contribution < 1.29 is 9.21 Å². The molecule has 0 aromatic carbocycles. The van der Waals surface area contributed by atoms with Gasteiger partial charge in [0.1, 0.15) is 23.0 Å². The van der Waals surface area contributed by atoms with Crippen molar-refractivity contribution in [3.05, 3.63) is 63.2 Å². The molecule has 0 atom stereocenters. The van der Waals surface area contributed by atoms with Gasteiger partial charge in [0.25, 0.3) is 5.56 Å². The van der Waals surface area contributed by atoms with E-state index >= 15 is 0 Å². The lowest BCUT2D eigenvalue weighted by Crippen LogP contribution is -2.38. The number of fused-ring (bicyclic) bond motifs is 1. The predicted octanol–water partition coefficient (Wildman–Crippen LogP) is 4.67. The van der Waals surface area contributed by atoms with Gasteiger partial charge in [0.2, 0.25) is 5.91 Å². The van der Waals surface area contributed by atoms with Crippen LogP contribution in [0.1, 0.15) is 31.4 Å². The molecule has 5 heterocycles. The minimum Gasteiger partial charge on any atom is -0.467 e. The highest BCUT2D eigenvalue weighted by Crippen LogP contribution is 2.34. The average molecular weight is 497 g/mol. The number of hydrogen-bond acceptors (Lipinski definition) is 7. The number of piperidine rings is 1. The lowest BCUT2D eigenvalue weighted by Gasteiger charge is -2.30. The number of likely N-dealkylation sites (tertiary alicyclic amines) is 1. The topological polar surface area (TPSA) is 71.6 Å². The van der Waals surface area contributed by atoms with Gasteiger partial charge in [-0.1, -0.05) is 13.0 Å². The van der Waals surface area contributed by atoms with E-state index in [1.807, 2.05) is 29.0 Å². The van der Waals surface area contributed by atoms with Gasteiger partial charge in [-0.2, -0.15) is 0 Å². The molecule has 0 N–H and O–H groups in total. The third-order valence-corrected chi connectivity index (χ3v) is 8.27. The molecule has 1 aliphatic rings. The Morgan fingerprint density at radius 2 is 2.06 bits per heavy atom. The number of carbonyl (C=O) groups is 1. The van der Waals surface area contributed by atoms with Gasteiger partial charge in [-0.05, 0) is 55.4 Å². The van der Waals surface area contributed by atoms with E-state index in [9.17, 15) is 9.59 Å². The predicted molar refractivity (Wildman–Crippen MR) is 136 cm³/mol. The van der Waals surface area contributed by atoms with Gasteiger partial charge in [-0.15, -0.1) is 22.7 Å². The fourth-order valence-electron chi connectivity index (χ4n) is 4.36. The fraction of sp³-hybridized carbons (Fsp3) is 0.400. The van der Waals surface area contributed by atoms with Crippen molar-refractivity contribution in [2.24, 2.45) is 5.92 Å². The van der Waals surface area contributed by atoms with Gasteiger partial charge in [0.15, 0.2) is 0 Å². The van der Waals surface area contributed by atoms with E-state index in [-0.39, 0.29) is 18.0 Å². The number of likely N-dealkylation sites (N-methyl/N-ethyl adjacent to an activating group) is 1. The average Bonchev–Trinajstić information content (AvgIpc) is 3.59. The zero-order valence-electron chi connectivity index (χ0n) is 19.4. The molecule has 4 aromatic heterocycles. The molecule has 5 rings (SSSR count). The van der Waals surface area contributed by atoms with Crippen LogP contribution < -0.4 is 5.56 Å². The van der Waals surface area contributed by atoms with Crippen LogP contribution in [0.4, 0.5) is 0 Å². The number of nitrogens with zero attached hydrogens (tertiary/aromatic N) is 4. The zero-order chi connectivity index (χ0) is 23.7. The summed E-state index contributed by atoms with van der Waals surface area (Å²) in [6.45, 7) is 5.12. The lowest BCUT2D eigenvalue weighted by atomic mass is 9.99. The minimum absolute atomic E-state index is 0.0434. The number of carbonyl (C=O) groups excluding carboxylic acids is 1. The smallest absolute Gasteiger partial charge is 0.263 e. The van der Waals surface area contributed by atoms with E-state index in [0.29, 0.717) is 30.1 Å². The number of rotatable bonds is 7. The van der Waals surface area contributed by atoms with E-state index in [4.69, 9.17) is 9.40 Å². The molecule has 178 valence electrons. The fourth-order valence-corrected chi connectivity index (χ4v) is 6.13. The number of thiophene rings is 2. The van der Waals surface area contributed by atoms with Crippen LogP contribution in [0.3, 0.4) is 0 Å². The molecule has 1 saturated heterocycles. The molecule has 34 heavy (non-hydrogen) atoms. The van der Waals surface area contributed by atoms with Crippen LogP contribution >= 0.6 is 22.7 Å². The normalized spacial score (nSPS) is 15.2. The Kier molecular flexibility index (Phi) is 6.67. The standard InChI is InChI=1S/C25H28N4O3S2/c1-17-7-9-28(10-8-17)14-21-26-24-23(19(16-34-24)20-6-4-12-33-20)25(31)29(21)15-22(30)27(2)13-18-5-3-11-32-18/h3-6,11-12,16-17H,7-10,13-15H2,1-2H3. The van der Waals surface area contributed by atoms with Gasteiger partial charge < -0.3 is 9.32 Å². The van der Waals surface area contributed by atoms with Crippen LogP contribution in [0.2, 0.25) is 0 Å². The maximum absolute atomic E-state index is 13.8. The molecule has 9 heteroatoms. The minimum atomic E-state index is -0.152. The number of amides is 1. The van der Waals surface area contributed by atoms with Crippen LogP contribution in [0.15, 0.2) is 50.5 Å². The van der Waals surface area contributed by atoms with Gasteiger partial charge in [0, 0.05) is 22.9 Å². The van der Waals surface area contributed by atoms with Crippen LogP contribution in [-0.4, -0.2) is 45.4 Å². The van der Waals surface area contributed by atoms with Crippen molar-refractivity contribution in [3.8, 4) is 10.4 Å². The largest absolute Gasteiger partial charge is 0.467 e.